The topological polar surface area (TPSA) is 89.3 Å². The van der Waals surface area contributed by atoms with Crippen LogP contribution < -0.4 is 4.72 Å². The maximum Gasteiger partial charge on any atom is 0.289 e. The van der Waals surface area contributed by atoms with Gasteiger partial charge in [0.25, 0.3) is 5.69 Å². The molecule has 0 aliphatic rings. The zero-order valence-corrected chi connectivity index (χ0v) is 13.2. The number of hydrogen-bond acceptors (Lipinski definition) is 5. The zero-order chi connectivity index (χ0) is 15.6. The molecular weight excluding hydrogens is 336 g/mol. The first-order chi connectivity index (χ1) is 9.81. The maximum atomic E-state index is 12.3. The summed E-state index contributed by atoms with van der Waals surface area (Å²) >= 11 is 7.09. The van der Waals surface area contributed by atoms with Gasteiger partial charge in [-0.15, -0.1) is 11.3 Å². The molecular formula is C12H11ClN2O4S2. The molecule has 0 radical (unpaired) electrons. The number of thiophene rings is 1. The highest BCUT2D eigenvalue weighted by atomic mass is 35.5. The lowest BCUT2D eigenvalue weighted by molar-refractivity contribution is -0.384. The summed E-state index contributed by atoms with van der Waals surface area (Å²) in [6, 6.07) is 6.58. The van der Waals surface area contributed by atoms with Crippen molar-refractivity contribution in [2.45, 2.75) is 17.9 Å². The fourth-order valence-electron chi connectivity index (χ4n) is 1.70. The molecule has 0 saturated heterocycles. The van der Waals surface area contributed by atoms with Crippen LogP contribution in [-0.2, 0) is 10.0 Å². The van der Waals surface area contributed by atoms with Crippen molar-refractivity contribution in [3.63, 3.8) is 0 Å². The highest BCUT2D eigenvalue weighted by Crippen LogP contribution is 2.28. The average Bonchev–Trinajstić information content (AvgIpc) is 2.92. The van der Waals surface area contributed by atoms with Gasteiger partial charge in [-0.3, -0.25) is 10.1 Å². The summed E-state index contributed by atoms with van der Waals surface area (Å²) in [5.74, 6) is 0. The van der Waals surface area contributed by atoms with E-state index in [0.717, 1.165) is 10.9 Å². The summed E-state index contributed by atoms with van der Waals surface area (Å²) < 4.78 is 27.0. The van der Waals surface area contributed by atoms with Crippen LogP contribution >= 0.6 is 22.9 Å². The normalized spacial score (nSPS) is 13.0. The van der Waals surface area contributed by atoms with Gasteiger partial charge in [-0.25, -0.2) is 13.1 Å². The van der Waals surface area contributed by atoms with Crippen LogP contribution in [0.5, 0.6) is 0 Å². The van der Waals surface area contributed by atoms with E-state index in [1.54, 1.807) is 6.92 Å². The minimum atomic E-state index is -3.86. The molecule has 0 bridgehead atoms. The maximum absolute atomic E-state index is 12.3. The molecule has 112 valence electrons. The minimum Gasteiger partial charge on any atom is -0.258 e. The van der Waals surface area contributed by atoms with Gasteiger partial charge < -0.3 is 0 Å². The van der Waals surface area contributed by atoms with E-state index in [1.165, 1.54) is 23.5 Å². The molecule has 0 saturated carbocycles. The SMILES string of the molecule is CC(NS(=O)(=O)c1ccc(Cl)c([N+](=O)[O-])c1)c1cccs1. The van der Waals surface area contributed by atoms with Crippen LogP contribution in [0.25, 0.3) is 0 Å². The zero-order valence-electron chi connectivity index (χ0n) is 10.8. The monoisotopic (exact) mass is 346 g/mol. The summed E-state index contributed by atoms with van der Waals surface area (Å²) in [4.78, 5) is 10.8. The standard InChI is InChI=1S/C12H11ClN2O4S2/c1-8(12-3-2-6-20-12)14-21(18,19)9-4-5-10(13)11(7-9)15(16)17/h2-8,14H,1H3. The van der Waals surface area contributed by atoms with Gasteiger partial charge in [0.1, 0.15) is 5.02 Å². The van der Waals surface area contributed by atoms with Crippen molar-refractivity contribution in [2.75, 3.05) is 0 Å². The molecule has 1 aromatic carbocycles. The Morgan fingerprint density at radius 3 is 2.67 bits per heavy atom. The minimum absolute atomic E-state index is 0.106. The Morgan fingerprint density at radius 1 is 1.38 bits per heavy atom. The van der Waals surface area contributed by atoms with Crippen LogP contribution in [0.15, 0.2) is 40.6 Å². The molecule has 6 nitrogen and oxygen atoms in total. The van der Waals surface area contributed by atoms with Crippen LogP contribution in [0.2, 0.25) is 5.02 Å². The molecule has 0 fully saturated rings. The summed E-state index contributed by atoms with van der Waals surface area (Å²) in [5.41, 5.74) is -0.441. The van der Waals surface area contributed by atoms with Crippen LogP contribution in [0.1, 0.15) is 17.8 Å². The van der Waals surface area contributed by atoms with E-state index in [0.29, 0.717) is 0 Å². The quantitative estimate of drug-likeness (QED) is 0.664. The van der Waals surface area contributed by atoms with Crippen molar-refractivity contribution in [1.29, 1.82) is 0 Å². The first kappa shape index (κ1) is 15.9. The fourth-order valence-corrected chi connectivity index (χ4v) is 3.93. The average molecular weight is 347 g/mol. The van der Waals surface area contributed by atoms with E-state index in [2.05, 4.69) is 4.72 Å². The van der Waals surface area contributed by atoms with Crippen molar-refractivity contribution >= 4 is 38.6 Å². The van der Waals surface area contributed by atoms with Crippen molar-refractivity contribution in [3.8, 4) is 0 Å². The molecule has 2 rings (SSSR count). The fraction of sp³-hybridized carbons (Fsp3) is 0.167. The first-order valence-corrected chi connectivity index (χ1v) is 8.55. The lowest BCUT2D eigenvalue weighted by Crippen LogP contribution is -2.26. The Balaban J connectivity index is 2.32. The van der Waals surface area contributed by atoms with Gasteiger partial charge in [-0.2, -0.15) is 0 Å². The smallest absolute Gasteiger partial charge is 0.258 e. The lowest BCUT2D eigenvalue weighted by atomic mass is 10.3. The van der Waals surface area contributed by atoms with Crippen LogP contribution in [0.4, 0.5) is 5.69 Å². The number of hydrogen-bond donors (Lipinski definition) is 1. The molecule has 21 heavy (non-hydrogen) atoms. The lowest BCUT2D eigenvalue weighted by Gasteiger charge is -2.12. The predicted molar refractivity (Wildman–Crippen MR) is 81.2 cm³/mol. The number of benzene rings is 1. The van der Waals surface area contributed by atoms with E-state index in [-0.39, 0.29) is 9.92 Å². The number of sulfonamides is 1. The molecule has 0 spiro atoms. The highest BCUT2D eigenvalue weighted by molar-refractivity contribution is 7.89. The third kappa shape index (κ3) is 3.59. The van der Waals surface area contributed by atoms with Crippen LogP contribution in [-0.4, -0.2) is 13.3 Å². The van der Waals surface area contributed by atoms with E-state index in [1.807, 2.05) is 17.5 Å². The summed E-state index contributed by atoms with van der Waals surface area (Å²) in [5, 5.41) is 12.6. The number of nitrogens with zero attached hydrogens (tertiary/aromatic N) is 1. The second kappa shape index (κ2) is 6.10. The second-order valence-electron chi connectivity index (χ2n) is 4.23. The molecule has 0 aliphatic heterocycles. The van der Waals surface area contributed by atoms with Crippen molar-refractivity contribution < 1.29 is 13.3 Å². The molecule has 1 unspecified atom stereocenters. The van der Waals surface area contributed by atoms with Gasteiger partial charge in [0.2, 0.25) is 10.0 Å². The van der Waals surface area contributed by atoms with Gasteiger partial charge in [-0.1, -0.05) is 17.7 Å². The van der Waals surface area contributed by atoms with Gasteiger partial charge in [-0.05, 0) is 30.5 Å². The van der Waals surface area contributed by atoms with E-state index in [4.69, 9.17) is 11.6 Å². The van der Waals surface area contributed by atoms with Gasteiger partial charge in [0.15, 0.2) is 0 Å². The molecule has 1 heterocycles. The first-order valence-electron chi connectivity index (χ1n) is 5.81. The number of nitro groups is 1. The van der Waals surface area contributed by atoms with Crippen LogP contribution in [0.3, 0.4) is 0 Å². The Morgan fingerprint density at radius 2 is 2.10 bits per heavy atom. The number of halogens is 1. The van der Waals surface area contributed by atoms with E-state index >= 15 is 0 Å². The van der Waals surface area contributed by atoms with Gasteiger partial charge in [0, 0.05) is 10.9 Å². The Kier molecular flexibility index (Phi) is 4.62. The summed E-state index contributed by atoms with van der Waals surface area (Å²) in [6.07, 6.45) is 0. The van der Waals surface area contributed by atoms with Crippen molar-refractivity contribution in [3.05, 3.63) is 55.7 Å². The van der Waals surface area contributed by atoms with Crippen LogP contribution in [0, 0.1) is 10.1 Å². The Hall–Kier alpha value is -1.48. The molecule has 0 aliphatic carbocycles. The highest BCUT2D eigenvalue weighted by Gasteiger charge is 2.23. The number of rotatable bonds is 5. The molecule has 9 heteroatoms. The largest absolute Gasteiger partial charge is 0.289 e. The molecule has 2 aromatic rings. The third-order valence-electron chi connectivity index (χ3n) is 2.73. The summed E-state index contributed by atoms with van der Waals surface area (Å²) in [6.45, 7) is 1.70. The molecule has 1 N–H and O–H groups in total. The van der Waals surface area contributed by atoms with Gasteiger partial charge >= 0.3 is 0 Å². The van der Waals surface area contributed by atoms with Gasteiger partial charge in [0.05, 0.1) is 15.9 Å². The van der Waals surface area contributed by atoms with E-state index in [9.17, 15) is 18.5 Å². The Bertz CT molecular complexity index is 760. The molecule has 1 atom stereocenters. The van der Waals surface area contributed by atoms with Crippen molar-refractivity contribution in [1.82, 2.24) is 4.72 Å². The molecule has 0 amide bonds. The van der Waals surface area contributed by atoms with E-state index < -0.39 is 26.7 Å². The number of nitrogens with one attached hydrogen (secondary N) is 1. The Labute approximate surface area is 130 Å². The third-order valence-corrected chi connectivity index (χ3v) is 5.64. The predicted octanol–water partition coefficient (Wildman–Crippen LogP) is 3.35. The molecule has 1 aromatic heterocycles. The summed E-state index contributed by atoms with van der Waals surface area (Å²) in [7, 11) is -3.86. The van der Waals surface area contributed by atoms with Crippen molar-refractivity contribution in [2.24, 2.45) is 0 Å². The second-order valence-corrected chi connectivity index (χ2v) is 7.33. The number of nitro benzene ring substituents is 1.